The van der Waals surface area contributed by atoms with Crippen molar-refractivity contribution in [3.05, 3.63) is 30.1 Å². The molecule has 124 valence electrons. The van der Waals surface area contributed by atoms with Gasteiger partial charge < -0.3 is 16.0 Å². The number of nitrogens with zero attached hydrogens (tertiary/aromatic N) is 2. The summed E-state index contributed by atoms with van der Waals surface area (Å²) in [5.41, 5.74) is 5.99. The second-order valence-corrected chi connectivity index (χ2v) is 4.91. The average molecular weight is 349 g/mol. The average Bonchev–Trinajstić information content (AvgIpc) is 2.52. The maximum atomic E-state index is 12.3. The fraction of sp³-hybridized carbons (Fsp3) is 0.500. The normalized spacial score (nSPS) is 17.0. The van der Waals surface area contributed by atoms with E-state index in [0.717, 1.165) is 12.8 Å². The van der Waals surface area contributed by atoms with Crippen molar-refractivity contribution in [2.45, 2.75) is 12.8 Å². The molecule has 1 aliphatic rings. The molecule has 0 bridgehead atoms. The van der Waals surface area contributed by atoms with Gasteiger partial charge in [0.05, 0.1) is 5.92 Å². The number of hydrogen-bond donors (Lipinski definition) is 2. The lowest BCUT2D eigenvalue weighted by Crippen LogP contribution is -2.46. The SMILES string of the molecule is Cl.Cl.NCCNC(=O)C1CCCN(C(=O)c2ccncc2)C1. The van der Waals surface area contributed by atoms with E-state index in [2.05, 4.69) is 10.3 Å². The van der Waals surface area contributed by atoms with Crippen LogP contribution < -0.4 is 11.1 Å². The van der Waals surface area contributed by atoms with Crippen molar-refractivity contribution in [2.75, 3.05) is 26.2 Å². The number of amides is 2. The largest absolute Gasteiger partial charge is 0.355 e. The maximum Gasteiger partial charge on any atom is 0.253 e. The van der Waals surface area contributed by atoms with Crippen LogP contribution in [0.15, 0.2) is 24.5 Å². The predicted octanol–water partition coefficient (Wildman–Crippen LogP) is 0.852. The van der Waals surface area contributed by atoms with Crippen LogP contribution in [0.1, 0.15) is 23.2 Å². The summed E-state index contributed by atoms with van der Waals surface area (Å²) in [6, 6.07) is 3.39. The zero-order chi connectivity index (χ0) is 14.4. The maximum absolute atomic E-state index is 12.3. The van der Waals surface area contributed by atoms with E-state index in [4.69, 9.17) is 5.73 Å². The monoisotopic (exact) mass is 348 g/mol. The van der Waals surface area contributed by atoms with Gasteiger partial charge in [0.1, 0.15) is 0 Å². The molecule has 0 spiro atoms. The first kappa shape index (κ1) is 20.6. The van der Waals surface area contributed by atoms with E-state index in [1.807, 2.05) is 0 Å². The molecule has 0 radical (unpaired) electrons. The minimum Gasteiger partial charge on any atom is -0.355 e. The van der Waals surface area contributed by atoms with E-state index in [-0.39, 0.29) is 42.5 Å². The number of piperidine rings is 1. The minimum atomic E-state index is -0.138. The zero-order valence-corrected chi connectivity index (χ0v) is 13.9. The Balaban J connectivity index is 0.00000220. The molecule has 1 fully saturated rings. The number of pyridine rings is 1. The van der Waals surface area contributed by atoms with Crippen molar-refractivity contribution >= 4 is 36.6 Å². The first-order valence-corrected chi connectivity index (χ1v) is 6.89. The van der Waals surface area contributed by atoms with Crippen LogP contribution in [-0.2, 0) is 4.79 Å². The van der Waals surface area contributed by atoms with Gasteiger partial charge in [0.15, 0.2) is 0 Å². The number of carbonyl (C=O) groups is 2. The molecule has 1 unspecified atom stereocenters. The van der Waals surface area contributed by atoms with Gasteiger partial charge in [-0.05, 0) is 25.0 Å². The highest BCUT2D eigenvalue weighted by Gasteiger charge is 2.28. The van der Waals surface area contributed by atoms with Crippen LogP contribution in [0.4, 0.5) is 0 Å². The fourth-order valence-corrected chi connectivity index (χ4v) is 2.39. The van der Waals surface area contributed by atoms with Gasteiger partial charge in [0.2, 0.25) is 5.91 Å². The summed E-state index contributed by atoms with van der Waals surface area (Å²) in [5.74, 6) is -0.188. The molecule has 1 aromatic heterocycles. The van der Waals surface area contributed by atoms with Gasteiger partial charge >= 0.3 is 0 Å². The Kier molecular flexibility index (Phi) is 9.73. The third-order valence-corrected chi connectivity index (χ3v) is 3.45. The highest BCUT2D eigenvalue weighted by Crippen LogP contribution is 2.18. The topological polar surface area (TPSA) is 88.3 Å². The van der Waals surface area contributed by atoms with Gasteiger partial charge in [-0.3, -0.25) is 14.6 Å². The van der Waals surface area contributed by atoms with Crippen molar-refractivity contribution in [3.63, 3.8) is 0 Å². The third kappa shape index (κ3) is 5.44. The van der Waals surface area contributed by atoms with Crippen molar-refractivity contribution in [2.24, 2.45) is 11.7 Å². The number of likely N-dealkylation sites (tertiary alicyclic amines) is 1. The van der Waals surface area contributed by atoms with Gasteiger partial charge in [0, 0.05) is 44.1 Å². The van der Waals surface area contributed by atoms with Gasteiger partial charge in [-0.2, -0.15) is 0 Å². The number of nitrogens with two attached hydrogens (primary N) is 1. The Morgan fingerprint density at radius 2 is 2.00 bits per heavy atom. The predicted molar refractivity (Wildman–Crippen MR) is 89.4 cm³/mol. The van der Waals surface area contributed by atoms with E-state index in [9.17, 15) is 9.59 Å². The molecule has 3 N–H and O–H groups in total. The molecular formula is C14H22Cl2N4O2. The van der Waals surface area contributed by atoms with Crippen LogP contribution in [0.3, 0.4) is 0 Å². The number of carbonyl (C=O) groups excluding carboxylic acids is 2. The summed E-state index contributed by atoms with van der Waals surface area (Å²) in [4.78, 5) is 29.9. The van der Waals surface area contributed by atoms with E-state index in [1.165, 1.54) is 0 Å². The second kappa shape index (κ2) is 10.4. The summed E-state index contributed by atoms with van der Waals surface area (Å²) in [5, 5.41) is 2.79. The smallest absolute Gasteiger partial charge is 0.253 e. The summed E-state index contributed by atoms with van der Waals surface area (Å²) >= 11 is 0. The lowest BCUT2D eigenvalue weighted by atomic mass is 9.96. The van der Waals surface area contributed by atoms with Crippen LogP contribution >= 0.6 is 24.8 Å². The molecular weight excluding hydrogens is 327 g/mol. The molecule has 22 heavy (non-hydrogen) atoms. The summed E-state index contributed by atoms with van der Waals surface area (Å²) < 4.78 is 0. The van der Waals surface area contributed by atoms with E-state index in [0.29, 0.717) is 31.7 Å². The first-order valence-electron chi connectivity index (χ1n) is 6.89. The Hall–Kier alpha value is -1.37. The first-order chi connectivity index (χ1) is 9.72. The molecule has 6 nitrogen and oxygen atoms in total. The van der Waals surface area contributed by atoms with Crippen molar-refractivity contribution < 1.29 is 9.59 Å². The summed E-state index contributed by atoms with van der Waals surface area (Å²) in [6.45, 7) is 2.07. The van der Waals surface area contributed by atoms with E-state index in [1.54, 1.807) is 29.4 Å². The fourth-order valence-electron chi connectivity index (χ4n) is 2.39. The molecule has 1 aliphatic heterocycles. The van der Waals surface area contributed by atoms with Gasteiger partial charge in [-0.1, -0.05) is 0 Å². The van der Waals surface area contributed by atoms with Crippen molar-refractivity contribution in [3.8, 4) is 0 Å². The van der Waals surface area contributed by atoms with Gasteiger partial charge in [-0.25, -0.2) is 0 Å². The van der Waals surface area contributed by atoms with Crippen LogP contribution in [0.2, 0.25) is 0 Å². The number of rotatable bonds is 4. The van der Waals surface area contributed by atoms with Crippen molar-refractivity contribution in [1.29, 1.82) is 0 Å². The van der Waals surface area contributed by atoms with Crippen molar-refractivity contribution in [1.82, 2.24) is 15.2 Å². The second-order valence-electron chi connectivity index (χ2n) is 4.91. The molecule has 2 rings (SSSR count). The molecule has 1 atom stereocenters. The van der Waals surface area contributed by atoms with Crippen LogP contribution in [0.5, 0.6) is 0 Å². The van der Waals surface area contributed by atoms with Crippen LogP contribution in [0, 0.1) is 5.92 Å². The lowest BCUT2D eigenvalue weighted by molar-refractivity contribution is -0.126. The quantitative estimate of drug-likeness (QED) is 0.844. The zero-order valence-electron chi connectivity index (χ0n) is 12.2. The molecule has 0 aromatic carbocycles. The van der Waals surface area contributed by atoms with Crippen LogP contribution in [-0.4, -0.2) is 47.9 Å². The van der Waals surface area contributed by atoms with E-state index < -0.39 is 0 Å². The Morgan fingerprint density at radius 1 is 1.32 bits per heavy atom. The number of nitrogens with one attached hydrogen (secondary N) is 1. The number of hydrogen-bond acceptors (Lipinski definition) is 4. The summed E-state index contributed by atoms with van der Waals surface area (Å²) in [7, 11) is 0. The van der Waals surface area contributed by atoms with Gasteiger partial charge in [0.25, 0.3) is 5.91 Å². The molecule has 1 saturated heterocycles. The van der Waals surface area contributed by atoms with Crippen LogP contribution in [0.25, 0.3) is 0 Å². The molecule has 1 aromatic rings. The minimum absolute atomic E-state index is 0. The lowest BCUT2D eigenvalue weighted by Gasteiger charge is -2.32. The Bertz CT molecular complexity index is 473. The van der Waals surface area contributed by atoms with E-state index >= 15 is 0 Å². The molecule has 2 heterocycles. The molecule has 2 amide bonds. The highest BCUT2D eigenvalue weighted by molar-refractivity contribution is 5.94. The number of aromatic nitrogens is 1. The number of halogens is 2. The van der Waals surface area contributed by atoms with Gasteiger partial charge in [-0.15, -0.1) is 24.8 Å². The Labute approximate surface area is 142 Å². The molecule has 0 aliphatic carbocycles. The summed E-state index contributed by atoms with van der Waals surface area (Å²) in [6.07, 6.45) is 4.86. The third-order valence-electron chi connectivity index (χ3n) is 3.45. The Morgan fingerprint density at radius 3 is 2.64 bits per heavy atom. The highest BCUT2D eigenvalue weighted by atomic mass is 35.5. The molecule has 0 saturated carbocycles. The standard InChI is InChI=1S/C14H20N4O2.2ClH/c15-5-8-17-13(19)12-2-1-9-18(10-12)14(20)11-3-6-16-7-4-11;;/h3-4,6-7,12H,1-2,5,8-10,15H2,(H,17,19);2*1H. The molecule has 8 heteroatoms.